The van der Waals surface area contributed by atoms with Crippen molar-refractivity contribution in [3.05, 3.63) is 35.4 Å². The molecule has 0 amide bonds. The molecule has 18 heavy (non-hydrogen) atoms. The minimum absolute atomic E-state index is 0.116. The van der Waals surface area contributed by atoms with Crippen LogP contribution in [-0.2, 0) is 9.53 Å². The van der Waals surface area contributed by atoms with Crippen molar-refractivity contribution in [1.29, 1.82) is 5.26 Å². The highest BCUT2D eigenvalue weighted by Gasteiger charge is 2.16. The Bertz CT molecular complexity index is 429. The third-order valence-corrected chi connectivity index (χ3v) is 2.84. The highest BCUT2D eigenvalue weighted by Crippen LogP contribution is 2.22. The van der Waals surface area contributed by atoms with Crippen LogP contribution in [0.4, 0.5) is 0 Å². The van der Waals surface area contributed by atoms with Crippen molar-refractivity contribution in [2.24, 2.45) is 0 Å². The highest BCUT2D eigenvalue weighted by atomic mass is 16.5. The van der Waals surface area contributed by atoms with E-state index in [-0.39, 0.29) is 12.4 Å². The number of carbonyl (C=O) groups excluding carboxylic acids is 1. The van der Waals surface area contributed by atoms with Crippen molar-refractivity contribution in [1.82, 2.24) is 0 Å². The fourth-order valence-corrected chi connectivity index (χ4v) is 1.74. The van der Waals surface area contributed by atoms with E-state index in [4.69, 9.17) is 10.00 Å². The molecule has 0 fully saturated rings. The molecule has 0 saturated heterocycles. The van der Waals surface area contributed by atoms with Crippen molar-refractivity contribution in [2.45, 2.75) is 39.0 Å². The summed E-state index contributed by atoms with van der Waals surface area (Å²) in [5, 5.41) is 9.12. The number of ether oxygens (including phenoxy) is 1. The minimum atomic E-state index is -0.426. The maximum absolute atomic E-state index is 11.4. The average molecular weight is 245 g/mol. The van der Waals surface area contributed by atoms with Gasteiger partial charge in [0.1, 0.15) is 0 Å². The predicted molar refractivity (Wildman–Crippen MR) is 70.1 cm³/mol. The van der Waals surface area contributed by atoms with Crippen molar-refractivity contribution in [3.8, 4) is 6.07 Å². The first-order valence-corrected chi connectivity index (χ1v) is 6.23. The second-order valence-electron chi connectivity index (χ2n) is 4.51. The number of nitrogens with zero attached hydrogens (tertiary/aromatic N) is 1. The normalized spacial score (nSPS) is 11.9. The Morgan fingerprint density at radius 1 is 1.28 bits per heavy atom. The summed E-state index contributed by atoms with van der Waals surface area (Å²) in [7, 11) is 0. The van der Waals surface area contributed by atoms with Crippen molar-refractivity contribution in [3.63, 3.8) is 0 Å². The van der Waals surface area contributed by atoms with E-state index in [2.05, 4.69) is 19.9 Å². The summed E-state index contributed by atoms with van der Waals surface area (Å²) in [5.41, 5.74) is 2.10. The highest BCUT2D eigenvalue weighted by molar-refractivity contribution is 5.71. The van der Waals surface area contributed by atoms with E-state index in [0.29, 0.717) is 12.5 Å². The third kappa shape index (κ3) is 3.89. The molecular formula is C15H19NO2. The van der Waals surface area contributed by atoms with Crippen LogP contribution in [-0.4, -0.2) is 12.6 Å². The van der Waals surface area contributed by atoms with Gasteiger partial charge in [0.2, 0.25) is 0 Å². The van der Waals surface area contributed by atoms with Crippen LogP contribution < -0.4 is 0 Å². The Hall–Kier alpha value is -1.82. The molecule has 0 radical (unpaired) electrons. The van der Waals surface area contributed by atoms with Crippen LogP contribution in [0.5, 0.6) is 0 Å². The van der Waals surface area contributed by atoms with Crippen LogP contribution in [0, 0.1) is 11.3 Å². The Morgan fingerprint density at radius 3 is 2.28 bits per heavy atom. The van der Waals surface area contributed by atoms with Crippen LogP contribution >= 0.6 is 0 Å². The van der Waals surface area contributed by atoms with E-state index >= 15 is 0 Å². The van der Waals surface area contributed by atoms with Gasteiger partial charge in [-0.2, -0.15) is 5.26 Å². The van der Waals surface area contributed by atoms with Crippen molar-refractivity contribution >= 4 is 5.97 Å². The molecule has 1 aromatic rings. The van der Waals surface area contributed by atoms with E-state index in [1.165, 1.54) is 5.56 Å². The lowest BCUT2D eigenvalue weighted by Gasteiger charge is -2.11. The van der Waals surface area contributed by atoms with Crippen molar-refractivity contribution < 1.29 is 9.53 Å². The molecule has 1 atom stereocenters. The van der Waals surface area contributed by atoms with E-state index in [0.717, 1.165) is 5.56 Å². The van der Waals surface area contributed by atoms with Crippen molar-refractivity contribution in [2.75, 3.05) is 6.61 Å². The molecular weight excluding hydrogens is 226 g/mol. The summed E-state index contributed by atoms with van der Waals surface area (Å²) >= 11 is 0. The minimum Gasteiger partial charge on any atom is -0.466 e. The number of esters is 1. The van der Waals surface area contributed by atoms with Gasteiger partial charge in [-0.1, -0.05) is 38.1 Å². The van der Waals surface area contributed by atoms with Gasteiger partial charge < -0.3 is 4.74 Å². The SMILES string of the molecule is CCOC(=O)C[C@H](C#N)c1ccc(C(C)C)cc1. The van der Waals surface area contributed by atoms with Gasteiger partial charge in [-0.25, -0.2) is 0 Å². The molecule has 1 aromatic carbocycles. The molecule has 0 saturated carbocycles. The van der Waals surface area contributed by atoms with E-state index in [1.807, 2.05) is 24.3 Å². The molecule has 0 aliphatic carbocycles. The smallest absolute Gasteiger partial charge is 0.307 e. The van der Waals surface area contributed by atoms with Gasteiger partial charge >= 0.3 is 5.97 Å². The zero-order chi connectivity index (χ0) is 13.5. The van der Waals surface area contributed by atoms with Gasteiger partial charge in [0, 0.05) is 0 Å². The molecule has 3 heteroatoms. The standard InChI is InChI=1S/C15H19NO2/c1-4-18-15(17)9-14(10-16)13-7-5-12(6-8-13)11(2)3/h5-8,11,14H,4,9H2,1-3H3/t14-/m1/s1. The second-order valence-corrected chi connectivity index (χ2v) is 4.51. The molecule has 0 unspecified atom stereocenters. The number of rotatable bonds is 5. The summed E-state index contributed by atoms with van der Waals surface area (Å²) in [5.74, 6) is -0.285. The average Bonchev–Trinajstić information content (AvgIpc) is 2.36. The van der Waals surface area contributed by atoms with E-state index < -0.39 is 5.92 Å². The summed E-state index contributed by atoms with van der Waals surface area (Å²) < 4.78 is 4.87. The zero-order valence-corrected chi connectivity index (χ0v) is 11.1. The van der Waals surface area contributed by atoms with Crippen LogP contribution in [0.15, 0.2) is 24.3 Å². The molecule has 1 rings (SSSR count). The van der Waals surface area contributed by atoms with E-state index in [9.17, 15) is 4.79 Å². The number of benzene rings is 1. The largest absolute Gasteiger partial charge is 0.466 e. The number of nitriles is 1. The molecule has 0 aromatic heterocycles. The predicted octanol–water partition coefficient (Wildman–Crippen LogP) is 3.37. The maximum Gasteiger partial charge on any atom is 0.307 e. The summed E-state index contributed by atoms with van der Waals surface area (Å²) in [6, 6.07) is 10.0. The Kier molecular flexibility index (Phi) is 5.38. The van der Waals surface area contributed by atoms with Crippen LogP contribution in [0.25, 0.3) is 0 Å². The molecule has 96 valence electrons. The molecule has 3 nitrogen and oxygen atoms in total. The van der Waals surface area contributed by atoms with Gasteiger partial charge in [0.25, 0.3) is 0 Å². The van der Waals surface area contributed by atoms with Gasteiger partial charge in [-0.15, -0.1) is 0 Å². The van der Waals surface area contributed by atoms with Gasteiger partial charge in [0.15, 0.2) is 0 Å². The van der Waals surface area contributed by atoms with Gasteiger partial charge in [-0.05, 0) is 24.0 Å². The molecule has 0 N–H and O–H groups in total. The first-order valence-electron chi connectivity index (χ1n) is 6.23. The lowest BCUT2D eigenvalue weighted by Crippen LogP contribution is -2.09. The number of hydrogen-bond donors (Lipinski definition) is 0. The quantitative estimate of drug-likeness (QED) is 0.747. The topological polar surface area (TPSA) is 50.1 Å². The summed E-state index contributed by atoms with van der Waals surface area (Å²) in [6.45, 7) is 6.35. The lowest BCUT2D eigenvalue weighted by molar-refractivity contribution is -0.143. The Labute approximate surface area is 108 Å². The molecule has 0 bridgehead atoms. The molecule has 0 aliphatic heterocycles. The maximum atomic E-state index is 11.4. The third-order valence-electron chi connectivity index (χ3n) is 2.84. The second kappa shape index (κ2) is 6.80. The number of hydrogen-bond acceptors (Lipinski definition) is 3. The first-order chi connectivity index (χ1) is 8.58. The van der Waals surface area contributed by atoms with Crippen LogP contribution in [0.2, 0.25) is 0 Å². The lowest BCUT2D eigenvalue weighted by atomic mass is 9.94. The van der Waals surface area contributed by atoms with Crippen LogP contribution in [0.1, 0.15) is 50.2 Å². The summed E-state index contributed by atoms with van der Waals surface area (Å²) in [6.07, 6.45) is 0.116. The fourth-order valence-electron chi connectivity index (χ4n) is 1.74. The summed E-state index contributed by atoms with van der Waals surface area (Å²) in [4.78, 5) is 11.4. The zero-order valence-electron chi connectivity index (χ0n) is 11.1. The van der Waals surface area contributed by atoms with Gasteiger partial charge in [-0.3, -0.25) is 4.79 Å². The Balaban J connectivity index is 2.77. The fraction of sp³-hybridized carbons (Fsp3) is 0.467. The molecule has 0 heterocycles. The molecule has 0 aliphatic rings. The number of carbonyl (C=O) groups is 1. The van der Waals surface area contributed by atoms with E-state index in [1.54, 1.807) is 6.92 Å². The Morgan fingerprint density at radius 2 is 1.83 bits per heavy atom. The first kappa shape index (κ1) is 14.2. The molecule has 0 spiro atoms. The monoisotopic (exact) mass is 245 g/mol. The van der Waals surface area contributed by atoms with Gasteiger partial charge in [0.05, 0.1) is 25.0 Å². The van der Waals surface area contributed by atoms with Crippen LogP contribution in [0.3, 0.4) is 0 Å².